The van der Waals surface area contributed by atoms with Crippen molar-refractivity contribution < 1.29 is 14.0 Å². The number of aromatic nitrogens is 1. The van der Waals surface area contributed by atoms with Crippen LogP contribution in [0, 0.1) is 5.82 Å². The number of hydrogen-bond acceptors (Lipinski definition) is 3. The highest BCUT2D eigenvalue weighted by atomic mass is 79.9. The van der Waals surface area contributed by atoms with E-state index in [9.17, 15) is 14.0 Å². The van der Waals surface area contributed by atoms with Crippen LogP contribution in [0.2, 0.25) is 5.02 Å². The molecule has 1 saturated heterocycles. The maximum atomic E-state index is 14.4. The predicted octanol–water partition coefficient (Wildman–Crippen LogP) is 7.48. The lowest BCUT2D eigenvalue weighted by atomic mass is 10.1. The number of rotatable bonds is 5. The first-order valence-corrected chi connectivity index (χ1v) is 12.4. The van der Waals surface area contributed by atoms with Crippen molar-refractivity contribution in [1.82, 2.24) is 9.47 Å². The van der Waals surface area contributed by atoms with Crippen molar-refractivity contribution in [2.75, 3.05) is 0 Å². The van der Waals surface area contributed by atoms with Crippen molar-refractivity contribution in [1.29, 1.82) is 0 Å². The summed E-state index contributed by atoms with van der Waals surface area (Å²) < 4.78 is 17.2. The van der Waals surface area contributed by atoms with E-state index in [0.29, 0.717) is 15.5 Å². The van der Waals surface area contributed by atoms with E-state index in [1.165, 1.54) is 11.0 Å². The van der Waals surface area contributed by atoms with Crippen LogP contribution in [0.25, 0.3) is 17.0 Å². The molecular formula is C26H17BrClFN2O2S. The molecule has 0 unspecified atom stereocenters. The SMILES string of the molecule is O=C1S/C(=C\c2cn(Cc3c(F)cccc3Cl)c3ccccc23)C(=O)N1Cc1ccc(Br)cc1. The molecule has 5 rings (SSSR count). The normalized spacial score (nSPS) is 15.1. The fourth-order valence-electron chi connectivity index (χ4n) is 3.92. The van der Waals surface area contributed by atoms with Crippen LogP contribution in [0.3, 0.4) is 0 Å². The second-order valence-electron chi connectivity index (χ2n) is 7.82. The maximum Gasteiger partial charge on any atom is 0.293 e. The number of hydrogen-bond donors (Lipinski definition) is 0. The van der Waals surface area contributed by atoms with Gasteiger partial charge in [0.1, 0.15) is 5.82 Å². The smallest absolute Gasteiger partial charge is 0.293 e. The van der Waals surface area contributed by atoms with Gasteiger partial charge in [-0.2, -0.15) is 0 Å². The van der Waals surface area contributed by atoms with E-state index in [1.54, 1.807) is 18.2 Å². The highest BCUT2D eigenvalue weighted by Gasteiger charge is 2.35. The Balaban J connectivity index is 1.48. The summed E-state index contributed by atoms with van der Waals surface area (Å²) in [5.41, 5.74) is 2.91. The lowest BCUT2D eigenvalue weighted by Gasteiger charge is -2.12. The Morgan fingerprint density at radius 1 is 0.971 bits per heavy atom. The zero-order valence-corrected chi connectivity index (χ0v) is 20.8. The third-order valence-electron chi connectivity index (χ3n) is 5.62. The molecule has 0 aliphatic carbocycles. The minimum absolute atomic E-state index is 0.211. The van der Waals surface area contributed by atoms with Crippen LogP contribution in [-0.4, -0.2) is 20.6 Å². The largest absolute Gasteiger partial charge is 0.342 e. The van der Waals surface area contributed by atoms with Gasteiger partial charge in [-0.1, -0.05) is 63.9 Å². The molecule has 1 aromatic heterocycles. The van der Waals surface area contributed by atoms with Crippen LogP contribution >= 0.6 is 39.3 Å². The van der Waals surface area contributed by atoms with Gasteiger partial charge < -0.3 is 4.57 Å². The van der Waals surface area contributed by atoms with Crippen LogP contribution < -0.4 is 0 Å². The van der Waals surface area contributed by atoms with Gasteiger partial charge in [-0.25, -0.2) is 4.39 Å². The fraction of sp³-hybridized carbons (Fsp3) is 0.0769. The van der Waals surface area contributed by atoms with Crippen molar-refractivity contribution in [3.8, 4) is 0 Å². The average molecular weight is 556 g/mol. The summed E-state index contributed by atoms with van der Waals surface area (Å²) in [6, 6.07) is 19.8. The number of carbonyl (C=O) groups excluding carboxylic acids is 2. The number of halogens is 3. The van der Waals surface area contributed by atoms with Gasteiger partial charge in [-0.05, 0) is 53.7 Å². The molecule has 1 aliphatic heterocycles. The van der Waals surface area contributed by atoms with Crippen LogP contribution in [0.1, 0.15) is 16.7 Å². The molecule has 3 aromatic carbocycles. The highest BCUT2D eigenvalue weighted by Crippen LogP contribution is 2.35. The number of amides is 2. The lowest BCUT2D eigenvalue weighted by Crippen LogP contribution is -2.27. The van der Waals surface area contributed by atoms with Crippen LogP contribution in [-0.2, 0) is 17.9 Å². The molecule has 0 saturated carbocycles. The Labute approximate surface area is 213 Å². The van der Waals surface area contributed by atoms with Crippen LogP contribution in [0.15, 0.2) is 82.3 Å². The van der Waals surface area contributed by atoms with E-state index in [4.69, 9.17) is 11.6 Å². The van der Waals surface area contributed by atoms with Crippen molar-refractivity contribution in [3.63, 3.8) is 0 Å². The lowest BCUT2D eigenvalue weighted by molar-refractivity contribution is -0.123. The molecule has 0 N–H and O–H groups in total. The van der Waals surface area contributed by atoms with Gasteiger partial charge in [0.15, 0.2) is 0 Å². The van der Waals surface area contributed by atoms with Gasteiger partial charge in [-0.15, -0.1) is 0 Å². The summed E-state index contributed by atoms with van der Waals surface area (Å²) in [7, 11) is 0. The topological polar surface area (TPSA) is 42.3 Å². The van der Waals surface area contributed by atoms with E-state index in [-0.39, 0.29) is 30.1 Å². The second kappa shape index (κ2) is 9.41. The van der Waals surface area contributed by atoms with Gasteiger partial charge >= 0.3 is 0 Å². The Kier molecular flexibility index (Phi) is 6.34. The van der Waals surface area contributed by atoms with E-state index >= 15 is 0 Å². The maximum absolute atomic E-state index is 14.4. The summed E-state index contributed by atoms with van der Waals surface area (Å²) in [6.45, 7) is 0.452. The first-order valence-electron chi connectivity index (χ1n) is 10.4. The van der Waals surface area contributed by atoms with Gasteiger partial charge in [0, 0.05) is 37.7 Å². The van der Waals surface area contributed by atoms with E-state index < -0.39 is 0 Å². The van der Waals surface area contributed by atoms with Gasteiger partial charge in [-0.3, -0.25) is 14.5 Å². The first kappa shape index (κ1) is 22.9. The molecule has 0 radical (unpaired) electrons. The Morgan fingerprint density at radius 3 is 2.50 bits per heavy atom. The molecule has 34 heavy (non-hydrogen) atoms. The quantitative estimate of drug-likeness (QED) is 0.240. The number of fused-ring (bicyclic) bond motifs is 1. The van der Waals surface area contributed by atoms with Crippen LogP contribution in [0.5, 0.6) is 0 Å². The fourth-order valence-corrected chi connectivity index (χ4v) is 5.24. The van der Waals surface area contributed by atoms with Crippen molar-refractivity contribution in [3.05, 3.63) is 110 Å². The molecule has 4 nitrogen and oxygen atoms in total. The summed E-state index contributed by atoms with van der Waals surface area (Å²) in [6.07, 6.45) is 3.59. The monoisotopic (exact) mass is 554 g/mol. The van der Waals surface area contributed by atoms with Gasteiger partial charge in [0.25, 0.3) is 11.1 Å². The molecule has 1 fully saturated rings. The molecule has 170 valence electrons. The summed E-state index contributed by atoms with van der Waals surface area (Å²) in [4.78, 5) is 27.2. The number of carbonyl (C=O) groups is 2. The summed E-state index contributed by atoms with van der Waals surface area (Å²) in [5, 5.41) is 0.948. The van der Waals surface area contributed by atoms with Crippen molar-refractivity contribution in [2.24, 2.45) is 0 Å². The molecular weight excluding hydrogens is 539 g/mol. The molecule has 8 heteroatoms. The minimum Gasteiger partial charge on any atom is -0.342 e. The number of para-hydroxylation sites is 1. The minimum atomic E-state index is -0.374. The Morgan fingerprint density at radius 2 is 1.74 bits per heavy atom. The molecule has 1 aliphatic rings. The zero-order valence-electron chi connectivity index (χ0n) is 17.7. The van der Waals surface area contributed by atoms with E-state index in [0.717, 1.165) is 38.3 Å². The first-order chi connectivity index (χ1) is 16.4. The summed E-state index contributed by atoms with van der Waals surface area (Å²) >= 11 is 10.6. The molecule has 0 spiro atoms. The number of nitrogens with zero attached hydrogens (tertiary/aromatic N) is 2. The highest BCUT2D eigenvalue weighted by molar-refractivity contribution is 9.10. The van der Waals surface area contributed by atoms with Gasteiger partial charge in [0.05, 0.1) is 18.0 Å². The average Bonchev–Trinajstić information content (AvgIpc) is 3.30. The van der Waals surface area contributed by atoms with E-state index in [1.807, 2.05) is 59.3 Å². The van der Waals surface area contributed by atoms with Crippen molar-refractivity contribution in [2.45, 2.75) is 13.1 Å². The predicted molar refractivity (Wildman–Crippen MR) is 138 cm³/mol. The third kappa shape index (κ3) is 4.43. The Hall–Kier alpha value is -2.87. The number of imide groups is 1. The molecule has 4 aromatic rings. The van der Waals surface area contributed by atoms with Crippen LogP contribution in [0.4, 0.5) is 9.18 Å². The van der Waals surface area contributed by atoms with Gasteiger partial charge in [0.2, 0.25) is 0 Å². The molecule has 2 heterocycles. The number of benzene rings is 3. The van der Waals surface area contributed by atoms with Crippen molar-refractivity contribution >= 4 is 67.4 Å². The third-order valence-corrected chi connectivity index (χ3v) is 7.41. The van der Waals surface area contributed by atoms with E-state index in [2.05, 4.69) is 15.9 Å². The standard InChI is InChI=1S/C26H17BrClFN2O2S/c27-18-10-8-16(9-11-18)13-31-25(32)24(34-26(31)33)12-17-14-30(23-7-2-1-4-19(17)23)15-20-21(28)5-3-6-22(20)29/h1-12,14H,13,15H2/b24-12-. The zero-order chi connectivity index (χ0) is 23.8. The molecule has 0 bridgehead atoms. The Bertz CT molecular complexity index is 1450. The molecule has 0 atom stereocenters. The summed E-state index contributed by atoms with van der Waals surface area (Å²) in [5.74, 6) is -0.701. The number of thioether (sulfide) groups is 1. The second-order valence-corrected chi connectivity index (χ2v) is 10.1. The molecule has 2 amide bonds.